The zero-order chi connectivity index (χ0) is 16.5. The van der Waals surface area contributed by atoms with Crippen molar-refractivity contribution in [3.8, 4) is 0 Å². The van der Waals surface area contributed by atoms with Crippen molar-refractivity contribution in [2.75, 3.05) is 0 Å². The second-order valence-corrected chi connectivity index (χ2v) is 5.37. The van der Waals surface area contributed by atoms with E-state index in [-0.39, 0.29) is 0 Å². The molecule has 0 saturated heterocycles. The van der Waals surface area contributed by atoms with Crippen LogP contribution in [0.3, 0.4) is 0 Å². The maximum Gasteiger partial charge on any atom is 0.221 e. The summed E-state index contributed by atoms with van der Waals surface area (Å²) < 4.78 is 1.67. The minimum absolute atomic E-state index is 0.383. The standard InChI is InChI=1S/C16H13N7O/c1-10(21-24)14-8-18-15-16(19-14)23(22-20-15)9-11-4-5-13-12(7-11)3-2-6-17-13/h2-8,24H,9H2,1H3/b21-10+. The number of pyridine rings is 1. The summed E-state index contributed by atoms with van der Waals surface area (Å²) in [4.78, 5) is 13.0. The van der Waals surface area contributed by atoms with Gasteiger partial charge in [-0.25, -0.2) is 14.6 Å². The average Bonchev–Trinajstić information content (AvgIpc) is 3.03. The Balaban J connectivity index is 1.75. The molecule has 0 amide bonds. The predicted molar refractivity (Wildman–Crippen MR) is 88.0 cm³/mol. The third-order valence-electron chi connectivity index (χ3n) is 3.75. The highest BCUT2D eigenvalue weighted by molar-refractivity contribution is 5.97. The Bertz CT molecular complexity index is 1070. The highest BCUT2D eigenvalue weighted by Crippen LogP contribution is 2.15. The molecule has 3 aromatic heterocycles. The van der Waals surface area contributed by atoms with Gasteiger partial charge < -0.3 is 5.21 Å². The van der Waals surface area contributed by atoms with Crippen molar-refractivity contribution in [2.45, 2.75) is 13.5 Å². The number of fused-ring (bicyclic) bond motifs is 2. The molecule has 1 N–H and O–H groups in total. The summed E-state index contributed by atoms with van der Waals surface area (Å²) in [6.45, 7) is 2.16. The van der Waals surface area contributed by atoms with Crippen LogP contribution in [0.1, 0.15) is 18.2 Å². The molecule has 0 unspecified atom stereocenters. The lowest BCUT2D eigenvalue weighted by Gasteiger charge is -2.04. The van der Waals surface area contributed by atoms with E-state index in [9.17, 15) is 0 Å². The van der Waals surface area contributed by atoms with Crippen molar-refractivity contribution in [2.24, 2.45) is 5.16 Å². The molecule has 1 aromatic carbocycles. The van der Waals surface area contributed by atoms with Crippen molar-refractivity contribution >= 4 is 27.9 Å². The number of benzene rings is 1. The SMILES string of the molecule is C/C(=N\O)c1cnc2nnn(Cc3ccc4ncccc4c3)c2n1. The van der Waals surface area contributed by atoms with Gasteiger partial charge in [0.25, 0.3) is 0 Å². The van der Waals surface area contributed by atoms with E-state index in [1.807, 2.05) is 24.3 Å². The highest BCUT2D eigenvalue weighted by Gasteiger charge is 2.11. The minimum atomic E-state index is 0.383. The van der Waals surface area contributed by atoms with Gasteiger partial charge in [0.05, 0.1) is 18.3 Å². The van der Waals surface area contributed by atoms with Crippen LogP contribution in [0.2, 0.25) is 0 Å². The van der Waals surface area contributed by atoms with Crippen LogP contribution in [0.25, 0.3) is 22.2 Å². The molecule has 0 atom stereocenters. The summed E-state index contributed by atoms with van der Waals surface area (Å²) in [5.41, 5.74) is 3.86. The quantitative estimate of drug-likeness (QED) is 0.352. The van der Waals surface area contributed by atoms with Gasteiger partial charge in [-0.15, -0.1) is 5.10 Å². The summed E-state index contributed by atoms with van der Waals surface area (Å²) in [5, 5.41) is 21.3. The molecular formula is C16H13N7O. The van der Waals surface area contributed by atoms with Gasteiger partial charge in [0, 0.05) is 11.6 Å². The zero-order valence-electron chi connectivity index (χ0n) is 12.8. The number of rotatable bonds is 3. The first-order valence-corrected chi connectivity index (χ1v) is 7.33. The molecular weight excluding hydrogens is 306 g/mol. The van der Waals surface area contributed by atoms with Crippen LogP contribution >= 0.6 is 0 Å². The van der Waals surface area contributed by atoms with Crippen LogP contribution in [-0.4, -0.2) is 40.9 Å². The summed E-state index contributed by atoms with van der Waals surface area (Å²) in [5.74, 6) is 0. The van der Waals surface area contributed by atoms with Gasteiger partial charge in [-0.2, -0.15) is 0 Å². The molecule has 3 heterocycles. The van der Waals surface area contributed by atoms with E-state index in [0.717, 1.165) is 16.5 Å². The van der Waals surface area contributed by atoms with Gasteiger partial charge in [0.15, 0.2) is 5.65 Å². The molecule has 118 valence electrons. The Kier molecular flexibility index (Phi) is 3.34. The molecule has 0 aliphatic heterocycles. The van der Waals surface area contributed by atoms with Crippen LogP contribution in [0, 0.1) is 0 Å². The fourth-order valence-electron chi connectivity index (χ4n) is 2.48. The molecule has 8 heteroatoms. The molecule has 0 aliphatic rings. The largest absolute Gasteiger partial charge is 0.411 e. The molecule has 4 rings (SSSR count). The number of nitrogens with zero attached hydrogens (tertiary/aromatic N) is 7. The number of hydrogen-bond acceptors (Lipinski definition) is 7. The van der Waals surface area contributed by atoms with Gasteiger partial charge in [0.1, 0.15) is 11.4 Å². The number of hydrogen-bond donors (Lipinski definition) is 1. The molecule has 0 saturated carbocycles. The van der Waals surface area contributed by atoms with E-state index in [0.29, 0.717) is 29.2 Å². The summed E-state index contributed by atoms with van der Waals surface area (Å²) in [6, 6.07) is 9.97. The molecule has 0 spiro atoms. The van der Waals surface area contributed by atoms with Crippen molar-refractivity contribution in [3.63, 3.8) is 0 Å². The Hall–Kier alpha value is -3.42. The maximum absolute atomic E-state index is 8.89. The van der Waals surface area contributed by atoms with Gasteiger partial charge in [0.2, 0.25) is 5.65 Å². The second-order valence-electron chi connectivity index (χ2n) is 5.37. The van der Waals surface area contributed by atoms with E-state index < -0.39 is 0 Å². The van der Waals surface area contributed by atoms with E-state index in [2.05, 4.69) is 36.5 Å². The van der Waals surface area contributed by atoms with Gasteiger partial charge in [-0.1, -0.05) is 22.5 Å². The lowest BCUT2D eigenvalue weighted by Crippen LogP contribution is -2.06. The second kappa shape index (κ2) is 5.65. The van der Waals surface area contributed by atoms with Crippen LogP contribution in [-0.2, 0) is 6.54 Å². The number of oxime groups is 1. The smallest absolute Gasteiger partial charge is 0.221 e. The Morgan fingerprint density at radius 3 is 3.04 bits per heavy atom. The van der Waals surface area contributed by atoms with Crippen molar-refractivity contribution in [1.29, 1.82) is 0 Å². The highest BCUT2D eigenvalue weighted by atomic mass is 16.4. The maximum atomic E-state index is 8.89. The van der Waals surface area contributed by atoms with Gasteiger partial charge in [-0.05, 0) is 30.7 Å². The first-order chi connectivity index (χ1) is 11.7. The van der Waals surface area contributed by atoms with Crippen molar-refractivity contribution in [1.82, 2.24) is 29.9 Å². The van der Waals surface area contributed by atoms with Crippen LogP contribution in [0.5, 0.6) is 0 Å². The fourth-order valence-corrected chi connectivity index (χ4v) is 2.48. The topological polar surface area (TPSA) is 102 Å². The first kappa shape index (κ1) is 14.2. The average molecular weight is 319 g/mol. The van der Waals surface area contributed by atoms with Crippen molar-refractivity contribution < 1.29 is 5.21 Å². The molecule has 4 aromatic rings. The third-order valence-corrected chi connectivity index (χ3v) is 3.75. The van der Waals surface area contributed by atoms with Crippen LogP contribution in [0.4, 0.5) is 0 Å². The molecule has 0 radical (unpaired) electrons. The number of aromatic nitrogens is 6. The molecule has 0 fully saturated rings. The lowest BCUT2D eigenvalue weighted by atomic mass is 10.1. The third kappa shape index (κ3) is 2.43. The molecule has 0 aliphatic carbocycles. The molecule has 8 nitrogen and oxygen atoms in total. The Morgan fingerprint density at radius 1 is 1.25 bits per heavy atom. The summed E-state index contributed by atoms with van der Waals surface area (Å²) in [7, 11) is 0. The van der Waals surface area contributed by atoms with E-state index in [1.165, 1.54) is 6.20 Å². The molecule has 24 heavy (non-hydrogen) atoms. The van der Waals surface area contributed by atoms with Gasteiger partial charge >= 0.3 is 0 Å². The Morgan fingerprint density at radius 2 is 2.17 bits per heavy atom. The normalized spacial score (nSPS) is 12.1. The fraction of sp³-hybridized carbons (Fsp3) is 0.125. The summed E-state index contributed by atoms with van der Waals surface area (Å²) in [6.07, 6.45) is 3.28. The minimum Gasteiger partial charge on any atom is -0.411 e. The van der Waals surface area contributed by atoms with E-state index in [4.69, 9.17) is 5.21 Å². The van der Waals surface area contributed by atoms with Crippen molar-refractivity contribution in [3.05, 3.63) is 54.0 Å². The summed E-state index contributed by atoms with van der Waals surface area (Å²) >= 11 is 0. The molecule has 0 bridgehead atoms. The van der Waals surface area contributed by atoms with Gasteiger partial charge in [-0.3, -0.25) is 4.98 Å². The lowest BCUT2D eigenvalue weighted by molar-refractivity contribution is 0.319. The van der Waals surface area contributed by atoms with E-state index >= 15 is 0 Å². The monoisotopic (exact) mass is 319 g/mol. The first-order valence-electron chi connectivity index (χ1n) is 7.33. The predicted octanol–water partition coefficient (Wildman–Crippen LogP) is 2.02. The van der Waals surface area contributed by atoms with Crippen LogP contribution < -0.4 is 0 Å². The van der Waals surface area contributed by atoms with E-state index in [1.54, 1.807) is 17.8 Å². The Labute approximate surface area is 136 Å². The van der Waals surface area contributed by atoms with Crippen LogP contribution in [0.15, 0.2) is 47.9 Å². The zero-order valence-corrected chi connectivity index (χ0v) is 12.8.